The van der Waals surface area contributed by atoms with Gasteiger partial charge in [-0.05, 0) is 46.1 Å². The van der Waals surface area contributed by atoms with Gasteiger partial charge in [0.2, 0.25) is 0 Å². The van der Waals surface area contributed by atoms with E-state index in [1.165, 1.54) is 19.2 Å². The predicted octanol–water partition coefficient (Wildman–Crippen LogP) is 3.98. The molecule has 0 amide bonds. The van der Waals surface area contributed by atoms with Crippen LogP contribution in [0.4, 0.5) is 8.78 Å². The van der Waals surface area contributed by atoms with Crippen molar-refractivity contribution in [3.8, 4) is 5.75 Å². The second kappa shape index (κ2) is 6.33. The summed E-state index contributed by atoms with van der Waals surface area (Å²) in [5.41, 5.74) is 7.26. The summed E-state index contributed by atoms with van der Waals surface area (Å²) < 4.78 is 32.4. The smallest absolute Gasteiger partial charge is 0.137 e. The summed E-state index contributed by atoms with van der Waals surface area (Å²) in [6.45, 7) is 0. The highest BCUT2D eigenvalue weighted by Crippen LogP contribution is 2.25. The summed E-state index contributed by atoms with van der Waals surface area (Å²) in [4.78, 5) is 0. The first-order valence-corrected chi connectivity index (χ1v) is 6.83. The zero-order valence-corrected chi connectivity index (χ0v) is 12.5. The van der Waals surface area contributed by atoms with Crippen molar-refractivity contribution in [1.29, 1.82) is 0 Å². The maximum Gasteiger partial charge on any atom is 0.137 e. The van der Waals surface area contributed by atoms with Crippen molar-refractivity contribution in [2.24, 2.45) is 5.73 Å². The Kier molecular flexibility index (Phi) is 4.73. The molecule has 2 aromatic carbocycles. The molecule has 1 unspecified atom stereocenters. The zero-order valence-electron chi connectivity index (χ0n) is 10.9. The molecule has 2 rings (SSSR count). The number of hydrogen-bond donors (Lipinski definition) is 1. The lowest BCUT2D eigenvalue weighted by molar-refractivity contribution is 0.410. The number of benzene rings is 2. The van der Waals surface area contributed by atoms with Gasteiger partial charge in [0.1, 0.15) is 17.4 Å². The monoisotopic (exact) mass is 341 g/mol. The van der Waals surface area contributed by atoms with Gasteiger partial charge in [0.15, 0.2) is 0 Å². The van der Waals surface area contributed by atoms with Gasteiger partial charge in [0.25, 0.3) is 0 Å². The summed E-state index contributed by atoms with van der Waals surface area (Å²) in [6.07, 6.45) is 0.419. The topological polar surface area (TPSA) is 35.2 Å². The molecule has 0 aliphatic heterocycles. The molecule has 0 spiro atoms. The van der Waals surface area contributed by atoms with Gasteiger partial charge in [-0.15, -0.1) is 0 Å². The summed E-state index contributed by atoms with van der Waals surface area (Å²) in [7, 11) is 1.48. The van der Waals surface area contributed by atoms with Crippen molar-refractivity contribution >= 4 is 15.9 Å². The fraction of sp³-hybridized carbons (Fsp3) is 0.200. The number of ether oxygens (including phenoxy) is 1. The van der Waals surface area contributed by atoms with Crippen LogP contribution in [0.5, 0.6) is 5.75 Å². The Labute approximate surface area is 124 Å². The molecule has 106 valence electrons. The van der Waals surface area contributed by atoms with E-state index >= 15 is 0 Å². The molecule has 0 aromatic heterocycles. The van der Waals surface area contributed by atoms with Crippen LogP contribution in [0.15, 0.2) is 40.9 Å². The van der Waals surface area contributed by atoms with Crippen LogP contribution < -0.4 is 10.5 Å². The molecule has 0 saturated carbocycles. The molecule has 0 radical (unpaired) electrons. The lowest BCUT2D eigenvalue weighted by Gasteiger charge is -2.14. The van der Waals surface area contributed by atoms with Gasteiger partial charge in [-0.25, -0.2) is 8.78 Å². The average Bonchev–Trinajstić information content (AvgIpc) is 2.42. The second-order valence-corrected chi connectivity index (χ2v) is 5.30. The number of hydrogen-bond acceptors (Lipinski definition) is 2. The Hall–Kier alpha value is -1.46. The summed E-state index contributed by atoms with van der Waals surface area (Å²) in [5, 5.41) is 0. The van der Waals surface area contributed by atoms with Crippen LogP contribution in [-0.2, 0) is 6.42 Å². The third kappa shape index (κ3) is 3.35. The first kappa shape index (κ1) is 14.9. The highest BCUT2D eigenvalue weighted by molar-refractivity contribution is 9.10. The molecular formula is C15H14BrF2NO. The van der Waals surface area contributed by atoms with Crippen molar-refractivity contribution in [3.05, 3.63) is 63.6 Å². The van der Waals surface area contributed by atoms with E-state index < -0.39 is 11.9 Å². The van der Waals surface area contributed by atoms with Gasteiger partial charge in [-0.1, -0.05) is 12.1 Å². The molecule has 0 heterocycles. The molecule has 5 heteroatoms. The Bertz CT molecular complexity index is 619. The van der Waals surface area contributed by atoms with E-state index in [-0.39, 0.29) is 5.82 Å². The second-order valence-electron chi connectivity index (χ2n) is 4.45. The number of methoxy groups -OCH3 is 1. The minimum atomic E-state index is -0.502. The Morgan fingerprint density at radius 2 is 1.90 bits per heavy atom. The third-order valence-corrected chi connectivity index (χ3v) is 3.65. The van der Waals surface area contributed by atoms with Crippen LogP contribution in [0.25, 0.3) is 0 Å². The maximum absolute atomic E-state index is 13.9. The molecule has 2 aromatic rings. The third-order valence-electron chi connectivity index (χ3n) is 3.05. The van der Waals surface area contributed by atoms with Gasteiger partial charge in [0.05, 0.1) is 11.6 Å². The highest BCUT2D eigenvalue weighted by atomic mass is 79.9. The van der Waals surface area contributed by atoms with Gasteiger partial charge >= 0.3 is 0 Å². The van der Waals surface area contributed by atoms with Crippen LogP contribution in [0.3, 0.4) is 0 Å². The highest BCUT2D eigenvalue weighted by Gasteiger charge is 2.13. The molecule has 2 N–H and O–H groups in total. The summed E-state index contributed by atoms with van der Waals surface area (Å²) in [5.74, 6) is -0.293. The van der Waals surface area contributed by atoms with Gasteiger partial charge in [0, 0.05) is 17.7 Å². The first-order valence-electron chi connectivity index (χ1n) is 6.04. The van der Waals surface area contributed by atoms with Crippen molar-refractivity contribution < 1.29 is 13.5 Å². The minimum absolute atomic E-state index is 0.335. The quantitative estimate of drug-likeness (QED) is 0.912. The van der Waals surface area contributed by atoms with E-state index in [0.717, 1.165) is 5.56 Å². The fourth-order valence-corrected chi connectivity index (χ4v) is 2.39. The zero-order chi connectivity index (χ0) is 14.7. The van der Waals surface area contributed by atoms with Gasteiger partial charge < -0.3 is 10.5 Å². The van der Waals surface area contributed by atoms with Crippen LogP contribution in [0.1, 0.15) is 17.2 Å². The Morgan fingerprint density at radius 1 is 1.15 bits per heavy atom. The minimum Gasteiger partial charge on any atom is -0.497 e. The normalized spacial score (nSPS) is 12.2. The molecule has 2 nitrogen and oxygen atoms in total. The van der Waals surface area contributed by atoms with E-state index in [0.29, 0.717) is 22.2 Å². The Morgan fingerprint density at radius 3 is 2.50 bits per heavy atom. The standard InChI is InChI=1S/C15H14BrF2NO/c1-20-10-3-4-11(14(18)8-10)15(19)7-9-2-5-13(17)12(16)6-9/h2-6,8,15H,7,19H2,1H3. The van der Waals surface area contributed by atoms with Gasteiger partial charge in [-0.2, -0.15) is 0 Å². The van der Waals surface area contributed by atoms with E-state index in [1.54, 1.807) is 24.3 Å². The number of nitrogens with two attached hydrogens (primary N) is 1. The lowest BCUT2D eigenvalue weighted by Crippen LogP contribution is -2.15. The van der Waals surface area contributed by atoms with Crippen molar-refractivity contribution in [1.82, 2.24) is 0 Å². The molecule has 0 bridgehead atoms. The summed E-state index contributed by atoms with van der Waals surface area (Å²) in [6, 6.07) is 8.72. The number of halogens is 3. The lowest BCUT2D eigenvalue weighted by atomic mass is 9.99. The van der Waals surface area contributed by atoms with Crippen molar-refractivity contribution in [2.45, 2.75) is 12.5 Å². The molecule has 0 saturated heterocycles. The van der Waals surface area contributed by atoms with Crippen LogP contribution in [0.2, 0.25) is 0 Å². The molecule has 0 aliphatic carbocycles. The fourth-order valence-electron chi connectivity index (χ4n) is 1.97. The first-order chi connectivity index (χ1) is 9.51. The van der Waals surface area contributed by atoms with Crippen molar-refractivity contribution in [3.63, 3.8) is 0 Å². The van der Waals surface area contributed by atoms with E-state index in [4.69, 9.17) is 10.5 Å². The average molecular weight is 342 g/mol. The molecule has 20 heavy (non-hydrogen) atoms. The molecule has 0 aliphatic rings. The maximum atomic E-state index is 13.9. The van der Waals surface area contributed by atoms with E-state index in [2.05, 4.69) is 15.9 Å². The SMILES string of the molecule is COc1ccc(C(N)Cc2ccc(F)c(Br)c2)c(F)c1. The van der Waals surface area contributed by atoms with Gasteiger partial charge in [-0.3, -0.25) is 0 Å². The van der Waals surface area contributed by atoms with Crippen molar-refractivity contribution in [2.75, 3.05) is 7.11 Å². The molecular weight excluding hydrogens is 328 g/mol. The van der Waals surface area contributed by atoms with Crippen LogP contribution >= 0.6 is 15.9 Å². The Balaban J connectivity index is 2.19. The largest absolute Gasteiger partial charge is 0.497 e. The molecule has 1 atom stereocenters. The number of rotatable bonds is 4. The summed E-state index contributed by atoms with van der Waals surface area (Å²) >= 11 is 3.12. The molecule has 0 fully saturated rings. The van der Waals surface area contributed by atoms with Crippen LogP contribution in [0, 0.1) is 11.6 Å². The van der Waals surface area contributed by atoms with Crippen LogP contribution in [-0.4, -0.2) is 7.11 Å². The predicted molar refractivity (Wildman–Crippen MR) is 77.7 cm³/mol. The van der Waals surface area contributed by atoms with E-state index in [9.17, 15) is 8.78 Å². The van der Waals surface area contributed by atoms with E-state index in [1.807, 2.05) is 0 Å².